The van der Waals surface area contributed by atoms with Crippen LogP contribution in [0.1, 0.15) is 26.5 Å². The number of aromatic nitrogens is 1. The standard InChI is InChI=1S/C15H18FN3O2/c1-15(2,3)12-8-14(21-19-12)18-13(20)9-17-11-6-4-5-10(16)7-11/h4-8,17H,9H2,1-3H3,(H,18,20). The van der Waals surface area contributed by atoms with E-state index in [1.165, 1.54) is 12.1 Å². The summed E-state index contributed by atoms with van der Waals surface area (Å²) in [7, 11) is 0. The molecule has 0 bridgehead atoms. The van der Waals surface area contributed by atoms with Gasteiger partial charge in [0.15, 0.2) is 0 Å². The molecule has 2 N–H and O–H groups in total. The van der Waals surface area contributed by atoms with Gasteiger partial charge in [-0.15, -0.1) is 0 Å². The van der Waals surface area contributed by atoms with Gasteiger partial charge in [-0.05, 0) is 18.2 Å². The Labute approximate surface area is 122 Å². The lowest BCUT2D eigenvalue weighted by Crippen LogP contribution is -2.21. The molecular formula is C15H18FN3O2. The molecule has 0 saturated heterocycles. The molecule has 21 heavy (non-hydrogen) atoms. The number of anilines is 2. The molecule has 1 aromatic carbocycles. The first kappa shape index (κ1) is 15.0. The van der Waals surface area contributed by atoms with E-state index < -0.39 is 0 Å². The second-order valence-electron chi connectivity index (χ2n) is 5.74. The van der Waals surface area contributed by atoms with Gasteiger partial charge in [0, 0.05) is 17.2 Å². The lowest BCUT2D eigenvalue weighted by atomic mass is 9.92. The third-order valence-corrected chi connectivity index (χ3v) is 2.82. The van der Waals surface area contributed by atoms with E-state index >= 15 is 0 Å². The van der Waals surface area contributed by atoms with Crippen molar-refractivity contribution in [3.8, 4) is 0 Å². The Morgan fingerprint density at radius 1 is 1.33 bits per heavy atom. The van der Waals surface area contributed by atoms with Gasteiger partial charge in [-0.2, -0.15) is 0 Å². The van der Waals surface area contributed by atoms with Crippen LogP contribution in [0.25, 0.3) is 0 Å². The van der Waals surface area contributed by atoms with Gasteiger partial charge >= 0.3 is 0 Å². The zero-order valence-corrected chi connectivity index (χ0v) is 12.2. The minimum Gasteiger partial charge on any atom is -0.376 e. The normalized spacial score (nSPS) is 11.2. The van der Waals surface area contributed by atoms with E-state index in [0.717, 1.165) is 5.69 Å². The average molecular weight is 291 g/mol. The third kappa shape index (κ3) is 4.30. The molecule has 0 radical (unpaired) electrons. The minimum atomic E-state index is -0.356. The molecule has 0 unspecified atom stereocenters. The fourth-order valence-corrected chi connectivity index (χ4v) is 1.65. The zero-order chi connectivity index (χ0) is 15.5. The summed E-state index contributed by atoms with van der Waals surface area (Å²) >= 11 is 0. The molecule has 1 aromatic heterocycles. The number of carbonyl (C=O) groups is 1. The first-order valence-electron chi connectivity index (χ1n) is 6.61. The molecule has 2 rings (SSSR count). The van der Waals surface area contributed by atoms with E-state index in [2.05, 4.69) is 15.8 Å². The van der Waals surface area contributed by atoms with Gasteiger partial charge in [0.2, 0.25) is 11.8 Å². The highest BCUT2D eigenvalue weighted by molar-refractivity contribution is 5.92. The summed E-state index contributed by atoms with van der Waals surface area (Å²) in [6, 6.07) is 7.61. The largest absolute Gasteiger partial charge is 0.376 e. The summed E-state index contributed by atoms with van der Waals surface area (Å²) in [4.78, 5) is 11.8. The van der Waals surface area contributed by atoms with Crippen LogP contribution < -0.4 is 10.6 Å². The molecule has 5 nitrogen and oxygen atoms in total. The second kappa shape index (κ2) is 5.95. The van der Waals surface area contributed by atoms with Crippen LogP contribution in [0, 0.1) is 5.82 Å². The molecule has 0 aliphatic rings. The number of rotatable bonds is 4. The van der Waals surface area contributed by atoms with Crippen molar-refractivity contribution in [1.82, 2.24) is 5.16 Å². The predicted molar refractivity (Wildman–Crippen MR) is 78.7 cm³/mol. The Balaban J connectivity index is 1.89. The van der Waals surface area contributed by atoms with Gasteiger partial charge in [0.05, 0.1) is 12.2 Å². The Hall–Kier alpha value is -2.37. The molecule has 2 aromatic rings. The first-order valence-corrected chi connectivity index (χ1v) is 6.61. The highest BCUT2D eigenvalue weighted by Gasteiger charge is 2.19. The van der Waals surface area contributed by atoms with Crippen molar-refractivity contribution in [3.05, 3.63) is 41.8 Å². The van der Waals surface area contributed by atoms with Crippen molar-refractivity contribution in [2.45, 2.75) is 26.2 Å². The molecule has 0 aliphatic heterocycles. The van der Waals surface area contributed by atoms with E-state index in [4.69, 9.17) is 4.52 Å². The second-order valence-corrected chi connectivity index (χ2v) is 5.74. The van der Waals surface area contributed by atoms with Crippen LogP contribution in [0.15, 0.2) is 34.9 Å². The SMILES string of the molecule is CC(C)(C)c1cc(NC(=O)CNc2cccc(F)c2)on1. The fraction of sp³-hybridized carbons (Fsp3) is 0.333. The molecule has 0 saturated carbocycles. The first-order chi connectivity index (χ1) is 9.84. The summed E-state index contributed by atoms with van der Waals surface area (Å²) in [6.07, 6.45) is 0. The van der Waals surface area contributed by atoms with Crippen LogP contribution in [0.2, 0.25) is 0 Å². The van der Waals surface area contributed by atoms with Crippen molar-refractivity contribution in [3.63, 3.8) is 0 Å². The van der Waals surface area contributed by atoms with Crippen molar-refractivity contribution in [2.75, 3.05) is 17.2 Å². The third-order valence-electron chi connectivity index (χ3n) is 2.82. The van der Waals surface area contributed by atoms with Crippen LogP contribution in [0.3, 0.4) is 0 Å². The molecule has 6 heteroatoms. The molecule has 0 aliphatic carbocycles. The maximum absolute atomic E-state index is 13.0. The van der Waals surface area contributed by atoms with E-state index in [1.54, 1.807) is 18.2 Å². The number of halogens is 1. The number of amides is 1. The number of hydrogen-bond donors (Lipinski definition) is 2. The smallest absolute Gasteiger partial charge is 0.246 e. The molecule has 1 amide bonds. The van der Waals surface area contributed by atoms with Crippen LogP contribution >= 0.6 is 0 Å². The van der Waals surface area contributed by atoms with Crippen LogP contribution in [-0.2, 0) is 10.2 Å². The maximum atomic E-state index is 13.0. The van der Waals surface area contributed by atoms with Crippen molar-refractivity contribution in [2.24, 2.45) is 0 Å². The maximum Gasteiger partial charge on any atom is 0.246 e. The van der Waals surface area contributed by atoms with Crippen molar-refractivity contribution >= 4 is 17.5 Å². The lowest BCUT2D eigenvalue weighted by molar-refractivity contribution is -0.114. The zero-order valence-electron chi connectivity index (χ0n) is 12.2. The number of nitrogens with zero attached hydrogens (tertiary/aromatic N) is 1. The highest BCUT2D eigenvalue weighted by Crippen LogP contribution is 2.23. The summed E-state index contributed by atoms with van der Waals surface area (Å²) in [5.74, 6) is -0.354. The molecule has 1 heterocycles. The van der Waals surface area contributed by atoms with E-state index in [9.17, 15) is 9.18 Å². The summed E-state index contributed by atoms with van der Waals surface area (Å²) in [5, 5.41) is 9.33. The minimum absolute atomic E-state index is 0.00893. The van der Waals surface area contributed by atoms with E-state index in [-0.39, 0.29) is 23.7 Å². The molecular weight excluding hydrogens is 273 g/mol. The quantitative estimate of drug-likeness (QED) is 0.908. The fourth-order valence-electron chi connectivity index (χ4n) is 1.65. The van der Waals surface area contributed by atoms with Gasteiger partial charge in [0.1, 0.15) is 5.82 Å². The topological polar surface area (TPSA) is 67.2 Å². The van der Waals surface area contributed by atoms with Gasteiger partial charge in [-0.1, -0.05) is 32.0 Å². The molecule has 0 fully saturated rings. The number of carbonyl (C=O) groups excluding carboxylic acids is 1. The van der Waals surface area contributed by atoms with Crippen LogP contribution in [0.5, 0.6) is 0 Å². The summed E-state index contributed by atoms with van der Waals surface area (Å²) < 4.78 is 18.1. The molecule has 0 spiro atoms. The highest BCUT2D eigenvalue weighted by atomic mass is 19.1. The van der Waals surface area contributed by atoms with E-state index in [0.29, 0.717) is 11.6 Å². The Morgan fingerprint density at radius 3 is 2.71 bits per heavy atom. The molecule has 0 atom stereocenters. The summed E-state index contributed by atoms with van der Waals surface area (Å²) in [6.45, 7) is 6.01. The monoisotopic (exact) mass is 291 g/mol. The van der Waals surface area contributed by atoms with Gasteiger partial charge in [-0.3, -0.25) is 10.1 Å². The van der Waals surface area contributed by atoms with Crippen molar-refractivity contribution < 1.29 is 13.7 Å². The molecule has 112 valence electrons. The summed E-state index contributed by atoms with van der Waals surface area (Å²) in [5.41, 5.74) is 1.15. The van der Waals surface area contributed by atoms with E-state index in [1.807, 2.05) is 20.8 Å². The van der Waals surface area contributed by atoms with Crippen molar-refractivity contribution in [1.29, 1.82) is 0 Å². The van der Waals surface area contributed by atoms with Crippen LogP contribution in [0.4, 0.5) is 16.0 Å². The van der Waals surface area contributed by atoms with Crippen LogP contribution in [-0.4, -0.2) is 17.6 Å². The predicted octanol–water partition coefficient (Wildman–Crippen LogP) is 3.16. The number of benzene rings is 1. The number of nitrogens with one attached hydrogen (secondary N) is 2. The average Bonchev–Trinajstić information content (AvgIpc) is 2.85. The van der Waals surface area contributed by atoms with Gasteiger partial charge in [0.25, 0.3) is 0 Å². The lowest BCUT2D eigenvalue weighted by Gasteiger charge is -2.12. The van der Waals surface area contributed by atoms with Gasteiger partial charge in [-0.25, -0.2) is 4.39 Å². The Morgan fingerprint density at radius 2 is 2.10 bits per heavy atom. The Bertz CT molecular complexity index is 632. The number of hydrogen-bond acceptors (Lipinski definition) is 4. The Kier molecular flexibility index (Phi) is 4.26. The van der Waals surface area contributed by atoms with Gasteiger partial charge < -0.3 is 9.84 Å².